The molecule has 0 unspecified atom stereocenters. The van der Waals surface area contributed by atoms with Gasteiger partial charge in [0.1, 0.15) is 11.6 Å². The lowest BCUT2D eigenvalue weighted by atomic mass is 10.2. The Kier molecular flexibility index (Phi) is 5.69. The summed E-state index contributed by atoms with van der Waals surface area (Å²) in [4.78, 5) is 38.1. The van der Waals surface area contributed by atoms with E-state index in [0.29, 0.717) is 38.8 Å². The van der Waals surface area contributed by atoms with E-state index >= 15 is 0 Å². The summed E-state index contributed by atoms with van der Waals surface area (Å²) in [6.07, 6.45) is 1.73. The highest BCUT2D eigenvalue weighted by molar-refractivity contribution is 7.99. The molecule has 0 saturated carbocycles. The van der Waals surface area contributed by atoms with Crippen LogP contribution in [-0.4, -0.2) is 43.6 Å². The second kappa shape index (κ2) is 8.43. The van der Waals surface area contributed by atoms with Gasteiger partial charge in [0, 0.05) is 26.2 Å². The molecule has 4 aromatic rings. The van der Waals surface area contributed by atoms with E-state index in [-0.39, 0.29) is 11.5 Å². The number of hydrogen-bond acceptors (Lipinski definition) is 8. The fourth-order valence-corrected chi connectivity index (χ4v) is 3.76. The number of fused-ring (bicyclic) bond motifs is 1. The van der Waals surface area contributed by atoms with Crippen LogP contribution >= 0.6 is 11.8 Å². The number of nitrogens with zero attached hydrogens (tertiary/aromatic N) is 7. The average molecular weight is 434 g/mol. The van der Waals surface area contributed by atoms with Crippen LogP contribution in [0.5, 0.6) is 0 Å². The molecule has 0 bridgehead atoms. The van der Waals surface area contributed by atoms with E-state index in [1.807, 2.05) is 70.1 Å². The largest absolute Gasteiger partial charge is 0.347 e. The fraction of sp³-hybridized carbons (Fsp3) is 0.273. The van der Waals surface area contributed by atoms with Gasteiger partial charge in [0.25, 0.3) is 5.56 Å². The van der Waals surface area contributed by atoms with Gasteiger partial charge in [-0.2, -0.15) is 9.97 Å². The summed E-state index contributed by atoms with van der Waals surface area (Å²) in [7, 11) is 3.77. The summed E-state index contributed by atoms with van der Waals surface area (Å²) in [5, 5.41) is 1.46. The topological polar surface area (TPSA) is 89.7 Å². The first-order valence-corrected chi connectivity index (χ1v) is 10.7. The van der Waals surface area contributed by atoms with E-state index in [1.165, 1.54) is 16.3 Å². The van der Waals surface area contributed by atoms with Crippen LogP contribution in [0.2, 0.25) is 0 Å². The summed E-state index contributed by atoms with van der Waals surface area (Å²) in [6.45, 7) is 6.02. The van der Waals surface area contributed by atoms with E-state index < -0.39 is 0 Å². The Bertz CT molecular complexity index is 1270. The van der Waals surface area contributed by atoms with Crippen LogP contribution in [0.25, 0.3) is 16.7 Å². The normalized spacial score (nSPS) is 11.3. The highest BCUT2D eigenvalue weighted by atomic mass is 32.2. The van der Waals surface area contributed by atoms with E-state index in [4.69, 9.17) is 4.98 Å². The molecule has 8 nitrogen and oxygen atoms in total. The van der Waals surface area contributed by atoms with Gasteiger partial charge in [0.15, 0.2) is 5.16 Å². The molecule has 0 aliphatic carbocycles. The summed E-state index contributed by atoms with van der Waals surface area (Å²) in [5.41, 5.74) is 1.44. The number of aryl methyl sites for hydroxylation is 1. The predicted molar refractivity (Wildman–Crippen MR) is 122 cm³/mol. The highest BCUT2D eigenvalue weighted by Gasteiger charge is 2.18. The van der Waals surface area contributed by atoms with Crippen LogP contribution in [0.4, 0.5) is 5.95 Å². The van der Waals surface area contributed by atoms with E-state index in [9.17, 15) is 4.79 Å². The molecular formula is C22H23N7OS. The zero-order valence-electron chi connectivity index (χ0n) is 18.1. The third-order valence-electron chi connectivity index (χ3n) is 4.59. The minimum absolute atomic E-state index is 0.131. The Morgan fingerprint density at radius 1 is 1.00 bits per heavy atom. The first-order chi connectivity index (χ1) is 14.8. The average Bonchev–Trinajstić information content (AvgIpc) is 2.75. The van der Waals surface area contributed by atoms with Crippen LogP contribution in [0, 0.1) is 6.92 Å². The van der Waals surface area contributed by atoms with Crippen molar-refractivity contribution >= 4 is 28.6 Å². The summed E-state index contributed by atoms with van der Waals surface area (Å²) in [5.74, 6) is 1.88. The van der Waals surface area contributed by atoms with Crippen LogP contribution in [0.15, 0.2) is 57.7 Å². The molecule has 0 atom stereocenters. The van der Waals surface area contributed by atoms with Crippen molar-refractivity contribution < 1.29 is 0 Å². The molecule has 0 saturated heterocycles. The SMILES string of the molecule is Cc1ccc(-n2c(Sc3nc(C(C)C)nc(N(C)C)n3)nc3ccccc3c2=O)nc1. The number of anilines is 1. The molecule has 0 N–H and O–H groups in total. The van der Waals surface area contributed by atoms with Crippen LogP contribution in [0.3, 0.4) is 0 Å². The van der Waals surface area contributed by atoms with Gasteiger partial charge in [0.2, 0.25) is 11.1 Å². The summed E-state index contributed by atoms with van der Waals surface area (Å²) >= 11 is 1.23. The van der Waals surface area contributed by atoms with Crippen LogP contribution in [-0.2, 0) is 0 Å². The minimum Gasteiger partial charge on any atom is -0.347 e. The zero-order valence-corrected chi connectivity index (χ0v) is 18.9. The van der Waals surface area contributed by atoms with Gasteiger partial charge in [0.05, 0.1) is 10.9 Å². The zero-order chi connectivity index (χ0) is 22.1. The van der Waals surface area contributed by atoms with Gasteiger partial charge in [-0.1, -0.05) is 32.0 Å². The van der Waals surface area contributed by atoms with Crippen molar-refractivity contribution in [3.63, 3.8) is 0 Å². The highest BCUT2D eigenvalue weighted by Crippen LogP contribution is 2.27. The molecule has 31 heavy (non-hydrogen) atoms. The Hall–Kier alpha value is -3.33. The molecule has 4 rings (SSSR count). The maximum absolute atomic E-state index is 13.4. The molecule has 0 aliphatic heterocycles. The quantitative estimate of drug-likeness (QED) is 0.441. The first kappa shape index (κ1) is 20.9. The molecule has 158 valence electrons. The second-order valence-corrected chi connectivity index (χ2v) is 8.61. The van der Waals surface area contributed by atoms with Crippen molar-refractivity contribution in [3.8, 4) is 5.82 Å². The molecule has 0 radical (unpaired) electrons. The summed E-state index contributed by atoms with van der Waals surface area (Å²) < 4.78 is 1.51. The fourth-order valence-electron chi connectivity index (χ4n) is 2.92. The molecule has 1 aromatic carbocycles. The van der Waals surface area contributed by atoms with Crippen molar-refractivity contribution in [2.45, 2.75) is 37.0 Å². The van der Waals surface area contributed by atoms with Crippen LogP contribution in [0.1, 0.15) is 31.2 Å². The van der Waals surface area contributed by atoms with Gasteiger partial charge in [-0.05, 0) is 42.4 Å². The van der Waals surface area contributed by atoms with E-state index in [0.717, 1.165) is 5.56 Å². The molecule has 9 heteroatoms. The molecule has 0 aliphatic rings. The van der Waals surface area contributed by atoms with Gasteiger partial charge in [-0.25, -0.2) is 19.5 Å². The lowest BCUT2D eigenvalue weighted by Gasteiger charge is -2.15. The number of hydrogen-bond donors (Lipinski definition) is 0. The second-order valence-electron chi connectivity index (χ2n) is 7.67. The van der Waals surface area contributed by atoms with Gasteiger partial charge in [-0.15, -0.1) is 0 Å². The lowest BCUT2D eigenvalue weighted by molar-refractivity contribution is 0.713. The molecule has 0 fully saturated rings. The van der Waals surface area contributed by atoms with Crippen molar-refractivity contribution in [1.29, 1.82) is 0 Å². The first-order valence-electron chi connectivity index (χ1n) is 9.89. The number of benzene rings is 1. The number of pyridine rings is 1. The Labute approximate surface area is 184 Å². The number of aromatic nitrogens is 6. The standard InChI is InChI=1S/C22H23N7OS/c1-13(2)18-25-20(28(4)5)27-21(26-18)31-22-24-16-9-7-6-8-15(16)19(30)29(22)17-11-10-14(3)12-23-17/h6-13H,1-5H3. The molecule has 0 amide bonds. The summed E-state index contributed by atoms with van der Waals surface area (Å²) in [6, 6.07) is 11.0. The van der Waals surface area contributed by atoms with Gasteiger partial charge >= 0.3 is 0 Å². The third-order valence-corrected chi connectivity index (χ3v) is 5.41. The number of rotatable bonds is 5. The number of para-hydroxylation sites is 1. The third kappa shape index (κ3) is 4.27. The monoisotopic (exact) mass is 433 g/mol. The Balaban J connectivity index is 1.92. The maximum atomic E-state index is 13.4. The lowest BCUT2D eigenvalue weighted by Crippen LogP contribution is -2.23. The molecule has 0 spiro atoms. The van der Waals surface area contributed by atoms with Gasteiger partial charge in [-0.3, -0.25) is 4.79 Å². The van der Waals surface area contributed by atoms with Crippen molar-refractivity contribution in [2.75, 3.05) is 19.0 Å². The van der Waals surface area contributed by atoms with E-state index in [2.05, 4.69) is 19.9 Å². The van der Waals surface area contributed by atoms with Crippen molar-refractivity contribution in [1.82, 2.24) is 29.5 Å². The smallest absolute Gasteiger partial charge is 0.267 e. The Morgan fingerprint density at radius 2 is 1.77 bits per heavy atom. The molecule has 3 aromatic heterocycles. The minimum atomic E-state index is -0.185. The Morgan fingerprint density at radius 3 is 2.45 bits per heavy atom. The maximum Gasteiger partial charge on any atom is 0.267 e. The molecular weight excluding hydrogens is 410 g/mol. The van der Waals surface area contributed by atoms with Crippen LogP contribution < -0.4 is 10.5 Å². The van der Waals surface area contributed by atoms with Crippen molar-refractivity contribution in [2.24, 2.45) is 0 Å². The van der Waals surface area contributed by atoms with E-state index in [1.54, 1.807) is 12.3 Å². The van der Waals surface area contributed by atoms with Gasteiger partial charge < -0.3 is 4.90 Å². The molecule has 3 heterocycles. The predicted octanol–water partition coefficient (Wildman–Crippen LogP) is 3.61. The van der Waals surface area contributed by atoms with Crippen molar-refractivity contribution in [3.05, 3.63) is 64.3 Å².